The van der Waals surface area contributed by atoms with Crippen LogP contribution in [-0.2, 0) is 4.74 Å². The molecule has 1 aromatic carbocycles. The molecule has 0 radical (unpaired) electrons. The maximum absolute atomic E-state index is 13.0. The molecule has 3 heterocycles. The van der Waals surface area contributed by atoms with E-state index < -0.39 is 0 Å². The number of rotatable bonds is 8. The molecule has 0 spiro atoms. The van der Waals surface area contributed by atoms with Crippen LogP contribution in [0.1, 0.15) is 10.4 Å². The van der Waals surface area contributed by atoms with Crippen LogP contribution in [0.5, 0.6) is 5.88 Å². The van der Waals surface area contributed by atoms with Crippen molar-refractivity contribution >= 4 is 73.5 Å². The Morgan fingerprint density at radius 2 is 1.85 bits per heavy atom. The lowest BCUT2D eigenvalue weighted by atomic mass is 10.2. The van der Waals surface area contributed by atoms with Gasteiger partial charge in [-0.25, -0.2) is 0 Å². The number of carbonyl (C=O) groups is 1. The number of imidazole rings is 1. The van der Waals surface area contributed by atoms with E-state index in [4.69, 9.17) is 32.7 Å². The number of ether oxygens (including phenoxy) is 2. The van der Waals surface area contributed by atoms with E-state index in [0.29, 0.717) is 45.1 Å². The molecule has 33 heavy (non-hydrogen) atoms. The molecule has 0 aliphatic rings. The predicted molar refractivity (Wildman–Crippen MR) is 131 cm³/mol. The first-order chi connectivity index (χ1) is 15.9. The highest BCUT2D eigenvalue weighted by atomic mass is 79.9. The molecule has 0 bridgehead atoms. The van der Waals surface area contributed by atoms with Crippen molar-refractivity contribution in [3.63, 3.8) is 0 Å². The third-order valence-corrected chi connectivity index (χ3v) is 5.51. The molecule has 0 aliphatic heterocycles. The Morgan fingerprint density at radius 3 is 2.55 bits per heavy atom. The predicted octanol–water partition coefficient (Wildman–Crippen LogP) is 5.44. The van der Waals surface area contributed by atoms with Crippen molar-refractivity contribution in [3.05, 3.63) is 62.8 Å². The van der Waals surface area contributed by atoms with Crippen LogP contribution in [0.25, 0.3) is 11.2 Å². The van der Waals surface area contributed by atoms with Gasteiger partial charge in [-0.3, -0.25) is 9.78 Å². The standard InChI is InChI=1S/C21H17BrCl2N6O3/c1-32-6-7-33-20-13(19(31)26-12-4-2-11(22)3-5-12)8-16-18(29-20)30-21(27-16)28-17-14(23)9-25-10-15(17)24/h2-5,8-10H,6-7H2,1H3,(H,26,31)(H2,25,27,28,29,30). The highest BCUT2D eigenvalue weighted by Gasteiger charge is 2.19. The molecule has 0 atom stereocenters. The van der Waals surface area contributed by atoms with Gasteiger partial charge in [-0.2, -0.15) is 9.97 Å². The Labute approximate surface area is 207 Å². The van der Waals surface area contributed by atoms with Gasteiger partial charge in [-0.05, 0) is 30.3 Å². The number of pyridine rings is 2. The van der Waals surface area contributed by atoms with E-state index in [1.54, 1.807) is 25.3 Å². The topological polar surface area (TPSA) is 114 Å². The van der Waals surface area contributed by atoms with Crippen LogP contribution in [0.4, 0.5) is 17.3 Å². The Hall–Kier alpha value is -2.92. The number of anilines is 3. The summed E-state index contributed by atoms with van der Waals surface area (Å²) >= 11 is 15.7. The van der Waals surface area contributed by atoms with E-state index in [-0.39, 0.29) is 24.0 Å². The number of carbonyl (C=O) groups excluding carboxylic acids is 1. The van der Waals surface area contributed by atoms with Crippen molar-refractivity contribution in [2.24, 2.45) is 0 Å². The third-order valence-electron chi connectivity index (χ3n) is 4.41. The monoisotopic (exact) mass is 550 g/mol. The van der Waals surface area contributed by atoms with Gasteiger partial charge in [0.1, 0.15) is 12.2 Å². The summed E-state index contributed by atoms with van der Waals surface area (Å²) in [7, 11) is 1.56. The van der Waals surface area contributed by atoms with E-state index in [1.807, 2.05) is 12.1 Å². The lowest BCUT2D eigenvalue weighted by Gasteiger charge is -2.11. The second-order valence-electron chi connectivity index (χ2n) is 6.70. The smallest absolute Gasteiger partial charge is 0.261 e. The summed E-state index contributed by atoms with van der Waals surface area (Å²) < 4.78 is 11.6. The number of hydrogen-bond acceptors (Lipinski definition) is 7. The van der Waals surface area contributed by atoms with E-state index in [2.05, 4.69) is 46.5 Å². The van der Waals surface area contributed by atoms with Crippen molar-refractivity contribution in [1.29, 1.82) is 0 Å². The normalized spacial score (nSPS) is 10.9. The number of methoxy groups -OCH3 is 1. The molecule has 3 N–H and O–H groups in total. The first-order valence-electron chi connectivity index (χ1n) is 9.60. The number of nitrogens with one attached hydrogen (secondary N) is 3. The van der Waals surface area contributed by atoms with Crippen molar-refractivity contribution in [2.45, 2.75) is 0 Å². The van der Waals surface area contributed by atoms with Crippen molar-refractivity contribution in [2.75, 3.05) is 31.0 Å². The summed E-state index contributed by atoms with van der Waals surface area (Å²) in [5.41, 5.74) is 2.15. The van der Waals surface area contributed by atoms with Crippen LogP contribution < -0.4 is 15.4 Å². The molecule has 0 unspecified atom stereocenters. The fourth-order valence-electron chi connectivity index (χ4n) is 2.86. The Balaban J connectivity index is 1.67. The molecule has 0 saturated heterocycles. The van der Waals surface area contributed by atoms with Crippen molar-refractivity contribution in [1.82, 2.24) is 19.9 Å². The van der Waals surface area contributed by atoms with Crippen LogP contribution in [0.15, 0.2) is 47.2 Å². The number of H-pyrrole nitrogens is 1. The van der Waals surface area contributed by atoms with Gasteiger partial charge >= 0.3 is 0 Å². The summed E-state index contributed by atoms with van der Waals surface area (Å²) in [4.78, 5) is 28.8. The van der Waals surface area contributed by atoms with Gasteiger partial charge in [0.25, 0.3) is 5.91 Å². The number of benzene rings is 1. The second kappa shape index (κ2) is 10.3. The molecule has 12 heteroatoms. The Morgan fingerprint density at radius 1 is 1.12 bits per heavy atom. The average Bonchev–Trinajstić information content (AvgIpc) is 3.19. The second-order valence-corrected chi connectivity index (χ2v) is 8.43. The highest BCUT2D eigenvalue weighted by Crippen LogP contribution is 2.32. The van der Waals surface area contributed by atoms with Crippen LogP contribution in [0.2, 0.25) is 10.0 Å². The zero-order valence-corrected chi connectivity index (χ0v) is 20.3. The number of aromatic amines is 1. The summed E-state index contributed by atoms with van der Waals surface area (Å²) in [5.74, 6) is 0.0801. The third kappa shape index (κ3) is 5.53. The van der Waals surface area contributed by atoms with Crippen molar-refractivity contribution < 1.29 is 14.3 Å². The van der Waals surface area contributed by atoms with E-state index in [9.17, 15) is 4.79 Å². The fraction of sp³-hybridized carbons (Fsp3) is 0.143. The number of amides is 1. The molecule has 4 aromatic rings. The molecule has 1 amide bonds. The largest absolute Gasteiger partial charge is 0.475 e. The number of nitrogens with zero attached hydrogens (tertiary/aromatic N) is 3. The number of halogens is 3. The minimum atomic E-state index is -0.386. The molecular formula is C21H17BrCl2N6O3. The summed E-state index contributed by atoms with van der Waals surface area (Å²) in [5, 5.41) is 6.51. The quantitative estimate of drug-likeness (QED) is 0.250. The first-order valence-corrected chi connectivity index (χ1v) is 11.1. The van der Waals surface area contributed by atoms with Gasteiger partial charge < -0.3 is 25.1 Å². The molecule has 9 nitrogen and oxygen atoms in total. The molecule has 0 aliphatic carbocycles. The maximum Gasteiger partial charge on any atom is 0.261 e. The van der Waals surface area contributed by atoms with E-state index in [1.165, 1.54) is 12.4 Å². The average molecular weight is 552 g/mol. The summed E-state index contributed by atoms with van der Waals surface area (Å²) in [6, 6.07) is 8.83. The number of aromatic nitrogens is 4. The Bertz CT molecular complexity index is 1280. The molecule has 0 saturated carbocycles. The van der Waals surface area contributed by atoms with Gasteiger partial charge in [0.15, 0.2) is 5.65 Å². The lowest BCUT2D eigenvalue weighted by molar-refractivity contribution is 0.101. The fourth-order valence-corrected chi connectivity index (χ4v) is 3.58. The van der Waals surface area contributed by atoms with Gasteiger partial charge in [0.05, 0.1) is 27.9 Å². The molecule has 0 fully saturated rings. The maximum atomic E-state index is 13.0. The van der Waals surface area contributed by atoms with Crippen LogP contribution in [0.3, 0.4) is 0 Å². The van der Waals surface area contributed by atoms with Crippen LogP contribution in [-0.4, -0.2) is 46.2 Å². The molecular weight excluding hydrogens is 535 g/mol. The van der Waals surface area contributed by atoms with Gasteiger partial charge in [-0.15, -0.1) is 0 Å². The zero-order valence-electron chi connectivity index (χ0n) is 17.2. The molecule has 4 rings (SSSR count). The highest BCUT2D eigenvalue weighted by molar-refractivity contribution is 9.10. The summed E-state index contributed by atoms with van der Waals surface area (Å²) in [6.45, 7) is 0.547. The Kier molecular flexibility index (Phi) is 7.29. The zero-order chi connectivity index (χ0) is 23.4. The van der Waals surface area contributed by atoms with Crippen LogP contribution >= 0.6 is 39.1 Å². The minimum absolute atomic E-state index is 0.132. The van der Waals surface area contributed by atoms with Gasteiger partial charge in [-0.1, -0.05) is 39.1 Å². The minimum Gasteiger partial charge on any atom is -0.475 e. The van der Waals surface area contributed by atoms with Crippen LogP contribution in [0, 0.1) is 0 Å². The van der Waals surface area contributed by atoms with Gasteiger partial charge in [0.2, 0.25) is 11.8 Å². The van der Waals surface area contributed by atoms with Crippen molar-refractivity contribution in [3.8, 4) is 5.88 Å². The number of hydrogen-bond donors (Lipinski definition) is 3. The van der Waals surface area contributed by atoms with E-state index in [0.717, 1.165) is 4.47 Å². The molecule has 3 aromatic heterocycles. The number of fused-ring (bicyclic) bond motifs is 1. The summed E-state index contributed by atoms with van der Waals surface area (Å²) in [6.07, 6.45) is 2.92. The SMILES string of the molecule is COCCOc1nc2nc(Nc3c(Cl)cncc3Cl)[nH]c2cc1C(=O)Nc1ccc(Br)cc1. The van der Waals surface area contributed by atoms with E-state index >= 15 is 0 Å². The first kappa shape index (κ1) is 23.2. The molecule has 170 valence electrons. The van der Waals surface area contributed by atoms with Gasteiger partial charge in [0, 0.05) is 29.7 Å². The lowest BCUT2D eigenvalue weighted by Crippen LogP contribution is -2.16.